The van der Waals surface area contributed by atoms with E-state index in [-0.39, 0.29) is 6.61 Å². The van der Waals surface area contributed by atoms with E-state index in [9.17, 15) is 14.7 Å². The van der Waals surface area contributed by atoms with E-state index in [0.29, 0.717) is 17.2 Å². The zero-order chi connectivity index (χ0) is 22.6. The molecule has 3 aromatic rings. The number of benzene rings is 2. The highest BCUT2D eigenvalue weighted by molar-refractivity contribution is 8.01. The van der Waals surface area contributed by atoms with Crippen molar-refractivity contribution in [2.45, 2.75) is 49.9 Å². The fraction of sp³-hybridized carbons (Fsp3) is 0.304. The summed E-state index contributed by atoms with van der Waals surface area (Å²) < 4.78 is 6.02. The van der Waals surface area contributed by atoms with Crippen LogP contribution in [0.4, 0.5) is 0 Å². The molecule has 0 aliphatic heterocycles. The Morgan fingerprint density at radius 1 is 1.10 bits per heavy atom. The molecule has 8 heteroatoms. The molecule has 0 spiro atoms. The lowest BCUT2D eigenvalue weighted by Gasteiger charge is -2.18. The van der Waals surface area contributed by atoms with Crippen molar-refractivity contribution in [1.29, 1.82) is 0 Å². The number of hydrogen-bond acceptors (Lipinski definition) is 6. The monoisotopic (exact) mass is 439 g/mol. The molecular weight excluding hydrogens is 414 g/mol. The summed E-state index contributed by atoms with van der Waals surface area (Å²) in [5.74, 6) is -0.925. The predicted molar refractivity (Wildman–Crippen MR) is 119 cm³/mol. The van der Waals surface area contributed by atoms with Crippen LogP contribution in [0.15, 0.2) is 59.6 Å². The number of thioether (sulfide) groups is 1. The normalized spacial score (nSPS) is 11.5. The van der Waals surface area contributed by atoms with E-state index in [0.717, 1.165) is 10.6 Å². The van der Waals surface area contributed by atoms with Gasteiger partial charge in [0.05, 0.1) is 17.4 Å². The van der Waals surface area contributed by atoms with Crippen LogP contribution in [0.2, 0.25) is 0 Å². The molecule has 0 aliphatic carbocycles. The molecule has 1 heterocycles. The summed E-state index contributed by atoms with van der Waals surface area (Å²) >= 11 is 1.21. The Labute approximate surface area is 185 Å². The second-order valence-electron chi connectivity index (χ2n) is 7.92. The van der Waals surface area contributed by atoms with Crippen molar-refractivity contribution in [2.75, 3.05) is 0 Å². The molecular formula is C23H25N3O4S. The van der Waals surface area contributed by atoms with Gasteiger partial charge in [0.25, 0.3) is 0 Å². The molecule has 0 atom stereocenters. The van der Waals surface area contributed by atoms with E-state index in [1.54, 1.807) is 49.0 Å². The Morgan fingerprint density at radius 2 is 1.74 bits per heavy atom. The highest BCUT2D eigenvalue weighted by Crippen LogP contribution is 2.32. The van der Waals surface area contributed by atoms with Gasteiger partial charge in [-0.1, -0.05) is 31.2 Å². The van der Waals surface area contributed by atoms with Gasteiger partial charge in [-0.2, -0.15) is 0 Å². The van der Waals surface area contributed by atoms with Gasteiger partial charge in [0.15, 0.2) is 0 Å². The van der Waals surface area contributed by atoms with Crippen LogP contribution >= 0.6 is 11.8 Å². The standard InChI is InChI=1S/C23H25N3O4S/c1-15(2)16-5-9-19(10-6-16)26-13-18(24-25-26)14-30-21(27)17-7-11-20(12-8-17)31-23(3,4)22(28)29/h5-13,15H,14H2,1-4H3,(H,28,29). The third-order valence-electron chi connectivity index (χ3n) is 4.69. The number of aromatic nitrogens is 3. The Hall–Kier alpha value is -3.13. The van der Waals surface area contributed by atoms with Crippen molar-refractivity contribution in [1.82, 2.24) is 15.0 Å². The molecule has 0 aliphatic rings. The van der Waals surface area contributed by atoms with E-state index >= 15 is 0 Å². The summed E-state index contributed by atoms with van der Waals surface area (Å²) in [5, 5.41) is 17.4. The lowest BCUT2D eigenvalue weighted by Crippen LogP contribution is -2.26. The van der Waals surface area contributed by atoms with Gasteiger partial charge in [-0.3, -0.25) is 4.79 Å². The largest absolute Gasteiger partial charge is 0.480 e. The van der Waals surface area contributed by atoms with Crippen molar-refractivity contribution >= 4 is 23.7 Å². The highest BCUT2D eigenvalue weighted by atomic mass is 32.2. The molecule has 162 valence electrons. The number of rotatable bonds is 8. The Bertz CT molecular complexity index is 1060. The first-order chi connectivity index (χ1) is 14.7. The van der Waals surface area contributed by atoms with E-state index in [1.807, 2.05) is 12.1 Å². The van der Waals surface area contributed by atoms with Gasteiger partial charge < -0.3 is 9.84 Å². The van der Waals surface area contributed by atoms with Gasteiger partial charge in [0.2, 0.25) is 0 Å². The quantitative estimate of drug-likeness (QED) is 0.401. The fourth-order valence-corrected chi connectivity index (χ4v) is 3.67. The molecule has 7 nitrogen and oxygen atoms in total. The summed E-state index contributed by atoms with van der Waals surface area (Å²) in [6.07, 6.45) is 1.73. The summed E-state index contributed by atoms with van der Waals surface area (Å²) in [6.45, 7) is 7.55. The minimum absolute atomic E-state index is 0.00541. The number of hydrogen-bond donors (Lipinski definition) is 1. The summed E-state index contributed by atoms with van der Waals surface area (Å²) in [5.41, 5.74) is 3.05. The first kappa shape index (κ1) is 22.6. The van der Waals surface area contributed by atoms with Crippen molar-refractivity contribution in [3.63, 3.8) is 0 Å². The maximum atomic E-state index is 12.3. The van der Waals surface area contributed by atoms with E-state index in [4.69, 9.17) is 4.74 Å². The van der Waals surface area contributed by atoms with Gasteiger partial charge in [-0.15, -0.1) is 16.9 Å². The second kappa shape index (κ2) is 9.34. The lowest BCUT2D eigenvalue weighted by molar-refractivity contribution is -0.138. The number of nitrogens with zero attached hydrogens (tertiary/aromatic N) is 3. The third-order valence-corrected chi connectivity index (χ3v) is 5.89. The third kappa shape index (κ3) is 5.73. The van der Waals surface area contributed by atoms with E-state index in [1.165, 1.54) is 17.3 Å². The molecule has 0 radical (unpaired) electrons. The number of aliphatic carboxylic acids is 1. The van der Waals surface area contributed by atoms with Crippen molar-refractivity contribution in [2.24, 2.45) is 0 Å². The molecule has 1 aromatic heterocycles. The molecule has 0 saturated carbocycles. The fourth-order valence-electron chi connectivity index (χ4n) is 2.72. The lowest BCUT2D eigenvalue weighted by atomic mass is 10.0. The van der Waals surface area contributed by atoms with Crippen LogP contribution in [0.25, 0.3) is 5.69 Å². The van der Waals surface area contributed by atoms with E-state index in [2.05, 4.69) is 36.3 Å². The molecule has 2 aromatic carbocycles. The molecule has 31 heavy (non-hydrogen) atoms. The van der Waals surface area contributed by atoms with Gasteiger partial charge in [-0.25, -0.2) is 9.48 Å². The Kier molecular flexibility index (Phi) is 6.80. The van der Waals surface area contributed by atoms with Crippen LogP contribution in [0.5, 0.6) is 0 Å². The molecule has 3 rings (SSSR count). The molecule has 0 unspecified atom stereocenters. The Morgan fingerprint density at radius 3 is 2.32 bits per heavy atom. The van der Waals surface area contributed by atoms with Crippen molar-refractivity contribution in [3.05, 3.63) is 71.5 Å². The van der Waals surface area contributed by atoms with E-state index < -0.39 is 16.7 Å². The molecule has 0 fully saturated rings. The molecule has 0 amide bonds. The van der Waals surface area contributed by atoms with Gasteiger partial charge >= 0.3 is 11.9 Å². The average Bonchev–Trinajstić information content (AvgIpc) is 3.21. The van der Waals surface area contributed by atoms with Gasteiger partial charge in [-0.05, 0) is 61.7 Å². The summed E-state index contributed by atoms with van der Waals surface area (Å²) in [7, 11) is 0. The van der Waals surface area contributed by atoms with Crippen LogP contribution in [-0.2, 0) is 16.1 Å². The first-order valence-corrected chi connectivity index (χ1v) is 10.7. The number of ether oxygens (including phenoxy) is 1. The van der Waals surface area contributed by atoms with Crippen molar-refractivity contribution < 1.29 is 19.4 Å². The zero-order valence-corrected chi connectivity index (χ0v) is 18.7. The zero-order valence-electron chi connectivity index (χ0n) is 17.9. The number of carbonyl (C=O) groups excluding carboxylic acids is 1. The average molecular weight is 440 g/mol. The van der Waals surface area contributed by atoms with Crippen LogP contribution in [0, 0.1) is 0 Å². The summed E-state index contributed by atoms with van der Waals surface area (Å²) in [4.78, 5) is 24.3. The van der Waals surface area contributed by atoms with Crippen LogP contribution in [0.3, 0.4) is 0 Å². The van der Waals surface area contributed by atoms with Crippen molar-refractivity contribution in [3.8, 4) is 5.69 Å². The van der Waals surface area contributed by atoms with Crippen LogP contribution in [-0.4, -0.2) is 36.8 Å². The minimum atomic E-state index is -0.955. The summed E-state index contributed by atoms with van der Waals surface area (Å²) in [6, 6.07) is 14.7. The molecule has 0 saturated heterocycles. The van der Waals surface area contributed by atoms with Gasteiger partial charge in [0.1, 0.15) is 17.0 Å². The first-order valence-electron chi connectivity index (χ1n) is 9.87. The SMILES string of the molecule is CC(C)c1ccc(-n2cc(COC(=O)c3ccc(SC(C)(C)C(=O)O)cc3)nn2)cc1. The van der Waals surface area contributed by atoms with Crippen LogP contribution in [0.1, 0.15) is 55.2 Å². The predicted octanol–water partition coefficient (Wildman–Crippen LogP) is 4.70. The number of carboxylic acid groups (broad SMARTS) is 1. The number of carbonyl (C=O) groups is 2. The maximum Gasteiger partial charge on any atom is 0.338 e. The maximum absolute atomic E-state index is 12.3. The number of esters is 1. The highest BCUT2D eigenvalue weighted by Gasteiger charge is 2.28. The molecule has 1 N–H and O–H groups in total. The molecule has 0 bridgehead atoms. The smallest absolute Gasteiger partial charge is 0.338 e. The Balaban J connectivity index is 1.58. The topological polar surface area (TPSA) is 94.3 Å². The second-order valence-corrected chi connectivity index (χ2v) is 9.61. The minimum Gasteiger partial charge on any atom is -0.480 e. The van der Waals surface area contributed by atoms with Crippen LogP contribution < -0.4 is 0 Å². The number of carboxylic acids is 1. The van der Waals surface area contributed by atoms with Gasteiger partial charge in [0, 0.05) is 4.90 Å².